The molecule has 0 saturated heterocycles. The van der Waals surface area contributed by atoms with E-state index >= 15 is 0 Å². The Hall–Kier alpha value is -1.89. The van der Waals surface area contributed by atoms with Crippen molar-refractivity contribution in [2.45, 2.75) is 13.8 Å². The first kappa shape index (κ1) is 11.2. The largest absolute Gasteiger partial charge is 0.325 e. The first-order valence-electron chi connectivity index (χ1n) is 4.52. The van der Waals surface area contributed by atoms with Crippen LogP contribution in [0.3, 0.4) is 0 Å². The second-order valence-electron chi connectivity index (χ2n) is 3.25. The minimum Gasteiger partial charge on any atom is -0.325 e. The van der Waals surface area contributed by atoms with Crippen molar-refractivity contribution >= 4 is 11.6 Å². The number of nitrogens with one attached hydrogen (secondary N) is 1. The van der Waals surface area contributed by atoms with Gasteiger partial charge in [-0.15, -0.1) is 0 Å². The van der Waals surface area contributed by atoms with Gasteiger partial charge in [0.2, 0.25) is 5.91 Å². The molecule has 3 nitrogen and oxygen atoms in total. The van der Waals surface area contributed by atoms with Crippen LogP contribution in [-0.4, -0.2) is 5.91 Å². The van der Waals surface area contributed by atoms with Crippen LogP contribution in [0.5, 0.6) is 0 Å². The fourth-order valence-electron chi connectivity index (χ4n) is 1.04. The third kappa shape index (κ3) is 2.53. The van der Waals surface area contributed by atoms with Crippen molar-refractivity contribution < 1.29 is 9.18 Å². The van der Waals surface area contributed by atoms with E-state index in [0.29, 0.717) is 11.3 Å². The van der Waals surface area contributed by atoms with E-state index in [1.807, 2.05) is 6.07 Å². The zero-order chi connectivity index (χ0) is 11.4. The van der Waals surface area contributed by atoms with Gasteiger partial charge in [0.05, 0.1) is 6.07 Å². The molecule has 1 aromatic rings. The Bertz CT molecular complexity index is 423. The molecule has 0 radical (unpaired) electrons. The molecule has 15 heavy (non-hydrogen) atoms. The fourth-order valence-corrected chi connectivity index (χ4v) is 1.04. The Balaban J connectivity index is 2.87. The van der Waals surface area contributed by atoms with Crippen LogP contribution in [0.25, 0.3) is 0 Å². The van der Waals surface area contributed by atoms with Gasteiger partial charge in [-0.25, -0.2) is 4.39 Å². The van der Waals surface area contributed by atoms with Gasteiger partial charge in [0.15, 0.2) is 0 Å². The fraction of sp³-hybridized carbons (Fsp3) is 0.273. The molecule has 0 fully saturated rings. The third-order valence-corrected chi connectivity index (χ3v) is 2.11. The number of benzene rings is 1. The van der Waals surface area contributed by atoms with E-state index in [1.165, 1.54) is 19.1 Å². The molecule has 0 heterocycles. The maximum Gasteiger partial charge on any atom is 0.241 e. The monoisotopic (exact) mass is 206 g/mol. The van der Waals surface area contributed by atoms with Crippen molar-refractivity contribution in [1.29, 1.82) is 5.26 Å². The van der Waals surface area contributed by atoms with Crippen LogP contribution in [0.4, 0.5) is 10.1 Å². The summed E-state index contributed by atoms with van der Waals surface area (Å²) in [4.78, 5) is 11.4. The van der Waals surface area contributed by atoms with Gasteiger partial charge in [0.25, 0.3) is 0 Å². The molecule has 1 rings (SSSR count). The van der Waals surface area contributed by atoms with Crippen LogP contribution >= 0.6 is 0 Å². The molecule has 0 aliphatic rings. The number of nitriles is 1. The predicted octanol–water partition coefficient (Wildman–Crippen LogP) is 2.23. The second-order valence-corrected chi connectivity index (χ2v) is 3.25. The summed E-state index contributed by atoms with van der Waals surface area (Å²) in [7, 11) is 0. The molecule has 1 unspecified atom stereocenters. The van der Waals surface area contributed by atoms with E-state index in [4.69, 9.17) is 5.26 Å². The Kier molecular flexibility index (Phi) is 3.40. The lowest BCUT2D eigenvalue weighted by Gasteiger charge is -2.09. The molecule has 0 aliphatic heterocycles. The van der Waals surface area contributed by atoms with Crippen molar-refractivity contribution in [3.8, 4) is 6.07 Å². The lowest BCUT2D eigenvalue weighted by Crippen LogP contribution is -2.19. The van der Waals surface area contributed by atoms with E-state index in [9.17, 15) is 9.18 Å². The van der Waals surface area contributed by atoms with Gasteiger partial charge in [-0.1, -0.05) is 6.07 Å². The smallest absolute Gasteiger partial charge is 0.241 e. The van der Waals surface area contributed by atoms with Crippen LogP contribution in [0.1, 0.15) is 12.5 Å². The normalized spacial score (nSPS) is 11.6. The van der Waals surface area contributed by atoms with E-state index in [1.54, 1.807) is 13.0 Å². The van der Waals surface area contributed by atoms with Gasteiger partial charge in [-0.3, -0.25) is 4.79 Å². The highest BCUT2D eigenvalue weighted by Crippen LogP contribution is 2.17. The van der Waals surface area contributed by atoms with E-state index in [-0.39, 0.29) is 5.82 Å². The Morgan fingerprint density at radius 3 is 2.87 bits per heavy atom. The van der Waals surface area contributed by atoms with Gasteiger partial charge < -0.3 is 5.32 Å². The number of anilines is 1. The van der Waals surface area contributed by atoms with Crippen LogP contribution in [0, 0.1) is 30.0 Å². The average molecular weight is 206 g/mol. The van der Waals surface area contributed by atoms with Gasteiger partial charge in [-0.05, 0) is 26.0 Å². The molecule has 0 saturated carbocycles. The molecule has 0 bridgehead atoms. The Morgan fingerprint density at radius 2 is 2.27 bits per heavy atom. The molecular weight excluding hydrogens is 195 g/mol. The third-order valence-electron chi connectivity index (χ3n) is 2.11. The lowest BCUT2D eigenvalue weighted by atomic mass is 10.1. The highest BCUT2D eigenvalue weighted by Gasteiger charge is 2.13. The molecule has 0 aromatic heterocycles. The number of hydrogen-bond acceptors (Lipinski definition) is 2. The quantitative estimate of drug-likeness (QED) is 0.806. The van der Waals surface area contributed by atoms with Crippen molar-refractivity contribution in [2.75, 3.05) is 5.32 Å². The molecule has 1 aromatic carbocycles. The summed E-state index contributed by atoms with van der Waals surface area (Å²) in [5, 5.41) is 11.0. The van der Waals surface area contributed by atoms with E-state index in [2.05, 4.69) is 5.32 Å². The number of nitrogens with zero attached hydrogens (tertiary/aromatic N) is 1. The Labute approximate surface area is 87.5 Å². The maximum absolute atomic E-state index is 13.1. The summed E-state index contributed by atoms with van der Waals surface area (Å²) < 4.78 is 13.1. The van der Waals surface area contributed by atoms with Crippen molar-refractivity contribution in [2.24, 2.45) is 5.92 Å². The van der Waals surface area contributed by atoms with Crippen LogP contribution < -0.4 is 5.32 Å². The molecule has 78 valence electrons. The molecule has 0 spiro atoms. The molecule has 1 atom stereocenters. The van der Waals surface area contributed by atoms with Crippen molar-refractivity contribution in [3.05, 3.63) is 29.6 Å². The van der Waals surface area contributed by atoms with Gasteiger partial charge in [-0.2, -0.15) is 5.26 Å². The van der Waals surface area contributed by atoms with Gasteiger partial charge in [0, 0.05) is 11.3 Å². The zero-order valence-electron chi connectivity index (χ0n) is 8.54. The molecule has 4 heteroatoms. The molecule has 1 amide bonds. The Morgan fingerprint density at radius 1 is 1.60 bits per heavy atom. The van der Waals surface area contributed by atoms with E-state index < -0.39 is 11.8 Å². The minimum atomic E-state index is -0.743. The number of halogens is 1. The lowest BCUT2D eigenvalue weighted by molar-refractivity contribution is -0.117. The van der Waals surface area contributed by atoms with Crippen LogP contribution in [0.2, 0.25) is 0 Å². The number of amides is 1. The summed E-state index contributed by atoms with van der Waals surface area (Å²) >= 11 is 0. The highest BCUT2D eigenvalue weighted by molar-refractivity contribution is 5.94. The summed E-state index contributed by atoms with van der Waals surface area (Å²) in [6.07, 6.45) is 0. The first-order valence-corrected chi connectivity index (χ1v) is 4.52. The minimum absolute atomic E-state index is 0.371. The average Bonchev–Trinajstić information content (AvgIpc) is 2.23. The van der Waals surface area contributed by atoms with E-state index in [0.717, 1.165) is 0 Å². The summed E-state index contributed by atoms with van der Waals surface area (Å²) in [5.74, 6) is -1.55. The number of hydrogen-bond donors (Lipinski definition) is 1. The highest BCUT2D eigenvalue weighted by atomic mass is 19.1. The number of carbonyl (C=O) groups excluding carboxylic acids is 1. The summed E-state index contributed by atoms with van der Waals surface area (Å²) in [6, 6.07) is 6.24. The predicted molar refractivity (Wildman–Crippen MR) is 54.5 cm³/mol. The standard InChI is InChI=1S/C11H11FN2O/c1-7(6-13)11(15)14-10-5-3-4-9(12)8(10)2/h3-5,7H,1-2H3,(H,14,15). The zero-order valence-corrected chi connectivity index (χ0v) is 8.54. The second kappa shape index (κ2) is 4.56. The summed E-state index contributed by atoms with van der Waals surface area (Å²) in [5.41, 5.74) is 0.776. The SMILES string of the molecule is Cc1c(F)cccc1NC(=O)C(C)C#N. The van der Waals surface area contributed by atoms with Crippen molar-refractivity contribution in [1.82, 2.24) is 0 Å². The van der Waals surface area contributed by atoms with Crippen LogP contribution in [0.15, 0.2) is 18.2 Å². The molecular formula is C11H11FN2O. The summed E-state index contributed by atoms with van der Waals surface area (Å²) in [6.45, 7) is 3.06. The van der Waals surface area contributed by atoms with Crippen molar-refractivity contribution in [3.63, 3.8) is 0 Å². The topological polar surface area (TPSA) is 52.9 Å². The molecule has 0 aliphatic carbocycles. The van der Waals surface area contributed by atoms with Gasteiger partial charge >= 0.3 is 0 Å². The molecule has 1 N–H and O–H groups in total. The number of rotatable bonds is 2. The van der Waals surface area contributed by atoms with Crippen LogP contribution in [-0.2, 0) is 4.79 Å². The number of carbonyl (C=O) groups is 1. The maximum atomic E-state index is 13.1. The first-order chi connectivity index (χ1) is 7.06. The van der Waals surface area contributed by atoms with Gasteiger partial charge in [0.1, 0.15) is 11.7 Å².